The summed E-state index contributed by atoms with van der Waals surface area (Å²) in [5.74, 6) is -0.790. The van der Waals surface area contributed by atoms with Gasteiger partial charge in [0, 0.05) is 0 Å². The minimum atomic E-state index is -0.790. The van der Waals surface area contributed by atoms with Crippen molar-refractivity contribution in [1.29, 1.82) is 0 Å². The van der Waals surface area contributed by atoms with E-state index in [1.54, 1.807) is 0 Å². The Bertz CT molecular complexity index is 171. The van der Waals surface area contributed by atoms with Gasteiger partial charge in [-0.05, 0) is 5.21 Å². The lowest BCUT2D eigenvalue weighted by atomic mass is 10.7. The van der Waals surface area contributed by atoms with Crippen molar-refractivity contribution in [2.24, 2.45) is 0 Å². The first-order valence-electron chi connectivity index (χ1n) is 1.80. The molecule has 0 aliphatic carbocycles. The first-order valence-corrected chi connectivity index (χ1v) is 2.18. The maximum atomic E-state index is 12.0. The van der Waals surface area contributed by atoms with Gasteiger partial charge in [-0.3, -0.25) is 0 Å². The molecule has 0 radical (unpaired) electrons. The van der Waals surface area contributed by atoms with Crippen LogP contribution in [-0.4, -0.2) is 15.4 Å². The molecule has 0 saturated carbocycles. The summed E-state index contributed by atoms with van der Waals surface area (Å²) in [4.78, 5) is 0. The average Bonchev–Trinajstić information content (AvgIpc) is 1.77. The molecule has 0 N–H and O–H groups in total. The predicted molar refractivity (Wildman–Crippen MR) is 24.8 cm³/mol. The maximum absolute atomic E-state index is 12.0. The SMILES string of the molecule is Fc1nnncc1Cl. The zero-order valence-electron chi connectivity index (χ0n) is 3.67. The van der Waals surface area contributed by atoms with E-state index in [2.05, 4.69) is 15.4 Å². The van der Waals surface area contributed by atoms with E-state index in [9.17, 15) is 4.39 Å². The second-order valence-corrected chi connectivity index (χ2v) is 1.48. The molecule has 0 atom stereocenters. The summed E-state index contributed by atoms with van der Waals surface area (Å²) < 4.78 is 12.0. The first-order chi connectivity index (χ1) is 3.80. The lowest BCUT2D eigenvalue weighted by Gasteiger charge is -1.83. The Morgan fingerprint density at radius 3 is 2.75 bits per heavy atom. The van der Waals surface area contributed by atoms with E-state index in [0.29, 0.717) is 0 Å². The fourth-order valence-electron chi connectivity index (χ4n) is 0.243. The van der Waals surface area contributed by atoms with Crippen molar-refractivity contribution in [3.05, 3.63) is 17.2 Å². The third kappa shape index (κ3) is 0.894. The van der Waals surface area contributed by atoms with E-state index in [4.69, 9.17) is 11.6 Å². The topological polar surface area (TPSA) is 38.7 Å². The minimum absolute atomic E-state index is 0.111. The highest BCUT2D eigenvalue weighted by atomic mass is 35.5. The van der Waals surface area contributed by atoms with Crippen LogP contribution in [0.15, 0.2) is 6.20 Å². The Kier molecular flexibility index (Phi) is 1.34. The third-order valence-electron chi connectivity index (χ3n) is 0.552. The fraction of sp³-hybridized carbons (Fsp3) is 0. The van der Waals surface area contributed by atoms with Gasteiger partial charge in [-0.25, -0.2) is 0 Å². The van der Waals surface area contributed by atoms with Gasteiger partial charge in [0.25, 0.3) is 5.95 Å². The van der Waals surface area contributed by atoms with Crippen LogP contribution in [0, 0.1) is 5.95 Å². The molecule has 0 saturated heterocycles. The molecule has 1 aromatic heterocycles. The van der Waals surface area contributed by atoms with Crippen molar-refractivity contribution in [3.63, 3.8) is 0 Å². The summed E-state index contributed by atoms with van der Waals surface area (Å²) in [5, 5.41) is 9.01. The van der Waals surface area contributed by atoms with Gasteiger partial charge in [-0.2, -0.15) is 4.39 Å². The summed E-state index contributed by atoms with van der Waals surface area (Å²) in [6.45, 7) is 0. The average molecular weight is 134 g/mol. The molecule has 42 valence electrons. The molecule has 0 amide bonds. The van der Waals surface area contributed by atoms with Crippen LogP contribution in [0.3, 0.4) is 0 Å². The summed E-state index contributed by atoms with van der Waals surface area (Å²) in [5.41, 5.74) is 0. The highest BCUT2D eigenvalue weighted by Crippen LogP contribution is 2.05. The highest BCUT2D eigenvalue weighted by molar-refractivity contribution is 6.30. The van der Waals surface area contributed by atoms with E-state index in [1.165, 1.54) is 0 Å². The quantitative estimate of drug-likeness (QED) is 0.522. The maximum Gasteiger partial charge on any atom is 0.255 e. The predicted octanol–water partition coefficient (Wildman–Crippen LogP) is 0.664. The van der Waals surface area contributed by atoms with Crippen LogP contribution in [-0.2, 0) is 0 Å². The first kappa shape index (κ1) is 5.37. The number of hydrogen-bond acceptors (Lipinski definition) is 3. The van der Waals surface area contributed by atoms with Crippen molar-refractivity contribution < 1.29 is 4.39 Å². The van der Waals surface area contributed by atoms with E-state index in [0.717, 1.165) is 6.20 Å². The van der Waals surface area contributed by atoms with Crippen LogP contribution < -0.4 is 0 Å². The van der Waals surface area contributed by atoms with Gasteiger partial charge in [-0.15, -0.1) is 5.10 Å². The summed E-state index contributed by atoms with van der Waals surface area (Å²) in [6.07, 6.45) is 1.09. The molecule has 0 fully saturated rings. The van der Waals surface area contributed by atoms with E-state index in [-0.39, 0.29) is 5.02 Å². The summed E-state index contributed by atoms with van der Waals surface area (Å²) >= 11 is 5.17. The van der Waals surface area contributed by atoms with Crippen molar-refractivity contribution in [2.75, 3.05) is 0 Å². The monoisotopic (exact) mass is 133 g/mol. The molecule has 8 heavy (non-hydrogen) atoms. The van der Waals surface area contributed by atoms with E-state index in [1.807, 2.05) is 0 Å². The minimum Gasteiger partial charge on any atom is -0.181 e. The van der Waals surface area contributed by atoms with Gasteiger partial charge in [0.2, 0.25) is 0 Å². The Morgan fingerprint density at radius 2 is 2.38 bits per heavy atom. The highest BCUT2D eigenvalue weighted by Gasteiger charge is 1.96. The van der Waals surface area contributed by atoms with Crippen LogP contribution in [0.2, 0.25) is 5.02 Å². The van der Waals surface area contributed by atoms with Gasteiger partial charge in [0.15, 0.2) is 0 Å². The molecule has 1 rings (SSSR count). The fourth-order valence-corrected chi connectivity index (χ4v) is 0.324. The second-order valence-electron chi connectivity index (χ2n) is 1.07. The standard InChI is InChI=1S/C3HClFN3/c4-2-1-6-8-7-3(2)5/h1H. The molecule has 1 heterocycles. The molecule has 0 spiro atoms. The lowest BCUT2D eigenvalue weighted by molar-refractivity contribution is 0.549. The number of nitrogens with zero attached hydrogens (tertiary/aromatic N) is 3. The van der Waals surface area contributed by atoms with Gasteiger partial charge >= 0.3 is 0 Å². The van der Waals surface area contributed by atoms with Crippen molar-refractivity contribution >= 4 is 11.6 Å². The van der Waals surface area contributed by atoms with Crippen LogP contribution in [0.25, 0.3) is 0 Å². The van der Waals surface area contributed by atoms with Crippen LogP contribution in [0.4, 0.5) is 4.39 Å². The smallest absolute Gasteiger partial charge is 0.181 e. The van der Waals surface area contributed by atoms with Crippen LogP contribution in [0.5, 0.6) is 0 Å². The molecule has 5 heteroatoms. The molecule has 0 unspecified atom stereocenters. The van der Waals surface area contributed by atoms with Gasteiger partial charge in [0.1, 0.15) is 5.02 Å². The number of rotatable bonds is 0. The lowest BCUT2D eigenvalue weighted by Crippen LogP contribution is -1.89. The Labute approximate surface area is 49.5 Å². The molecule has 1 aromatic rings. The normalized spacial score (nSPS) is 9.25. The molecule has 0 aliphatic heterocycles. The molecule has 0 aromatic carbocycles. The molecular weight excluding hydrogens is 133 g/mol. The van der Waals surface area contributed by atoms with Crippen LogP contribution in [0.1, 0.15) is 0 Å². The third-order valence-corrected chi connectivity index (χ3v) is 0.806. The largest absolute Gasteiger partial charge is 0.255 e. The van der Waals surface area contributed by atoms with Gasteiger partial charge in [0.05, 0.1) is 6.20 Å². The van der Waals surface area contributed by atoms with Crippen molar-refractivity contribution in [2.45, 2.75) is 0 Å². The zero-order chi connectivity index (χ0) is 5.98. The Morgan fingerprint density at radius 1 is 1.62 bits per heavy atom. The number of halogens is 2. The zero-order valence-corrected chi connectivity index (χ0v) is 4.43. The number of hydrogen-bond donors (Lipinski definition) is 0. The Hall–Kier alpha value is -0.770. The second kappa shape index (κ2) is 2.00. The van der Waals surface area contributed by atoms with Gasteiger partial charge in [-0.1, -0.05) is 16.7 Å². The summed E-state index contributed by atoms with van der Waals surface area (Å²) in [7, 11) is 0. The van der Waals surface area contributed by atoms with Crippen molar-refractivity contribution in [1.82, 2.24) is 15.4 Å². The summed E-state index contributed by atoms with van der Waals surface area (Å²) in [6, 6.07) is 0. The van der Waals surface area contributed by atoms with Crippen molar-refractivity contribution in [3.8, 4) is 0 Å². The molecule has 3 nitrogen and oxygen atoms in total. The Balaban J connectivity index is 3.13. The van der Waals surface area contributed by atoms with E-state index < -0.39 is 5.95 Å². The van der Waals surface area contributed by atoms with E-state index >= 15 is 0 Å². The molecule has 0 bridgehead atoms. The van der Waals surface area contributed by atoms with Gasteiger partial charge < -0.3 is 0 Å². The van der Waals surface area contributed by atoms with Crippen LogP contribution >= 0.6 is 11.6 Å². The molecular formula is C3HClFN3. The molecule has 0 aliphatic rings. The number of aromatic nitrogens is 3.